The first kappa shape index (κ1) is 12.7. The quantitative estimate of drug-likeness (QED) is 0.579. The molecular weight excluding hydrogens is 277 g/mol. The van der Waals surface area contributed by atoms with Crippen molar-refractivity contribution < 1.29 is 4.39 Å². The van der Waals surface area contributed by atoms with Crippen LogP contribution in [0.25, 0.3) is 0 Å². The van der Waals surface area contributed by atoms with E-state index in [4.69, 9.17) is 0 Å². The van der Waals surface area contributed by atoms with Crippen molar-refractivity contribution in [3.8, 4) is 0 Å². The molecule has 0 aliphatic heterocycles. The van der Waals surface area contributed by atoms with Crippen LogP contribution in [-0.4, -0.2) is 11.0 Å². The van der Waals surface area contributed by atoms with Gasteiger partial charge in [-0.25, -0.2) is 8.79 Å². The Morgan fingerprint density at radius 1 is 1.40 bits per heavy atom. The predicted molar refractivity (Wildman–Crippen MR) is 69.0 cm³/mol. The van der Waals surface area contributed by atoms with E-state index < -0.39 is 0 Å². The maximum absolute atomic E-state index is 13.3. The predicted octanol–water partition coefficient (Wildman–Crippen LogP) is 4.45. The van der Waals surface area contributed by atoms with Crippen LogP contribution in [0, 0.1) is 5.82 Å². The average Bonchev–Trinajstić information content (AvgIpc) is 2.09. The topological polar surface area (TPSA) is 12.4 Å². The smallest absolute Gasteiger partial charge is 0.132 e. The van der Waals surface area contributed by atoms with Gasteiger partial charge in [-0.05, 0) is 50.9 Å². The van der Waals surface area contributed by atoms with Crippen LogP contribution in [0.3, 0.4) is 0 Å². The number of halogens is 2. The van der Waals surface area contributed by atoms with E-state index in [1.54, 1.807) is 18.3 Å². The molecule has 1 nitrogen and oxygen atoms in total. The largest absolute Gasteiger partial charge is 0.223 e. The fourth-order valence-corrected chi connectivity index (χ4v) is 1.72. The van der Waals surface area contributed by atoms with Crippen molar-refractivity contribution in [3.05, 3.63) is 34.1 Å². The summed E-state index contributed by atoms with van der Waals surface area (Å²) in [6.07, 6.45) is 1.55. The molecule has 0 atom stereocenters. The van der Waals surface area contributed by atoms with Gasteiger partial charge in [0.15, 0.2) is 0 Å². The Hall–Kier alpha value is -0.350. The lowest BCUT2D eigenvalue weighted by molar-refractivity contribution is 0.625. The zero-order valence-electron chi connectivity index (χ0n) is 8.92. The molecule has 0 fully saturated rings. The van der Waals surface area contributed by atoms with E-state index in [9.17, 15) is 4.39 Å². The van der Waals surface area contributed by atoms with Crippen molar-refractivity contribution in [1.29, 1.82) is 0 Å². The van der Waals surface area contributed by atoms with Crippen molar-refractivity contribution in [2.45, 2.75) is 25.5 Å². The first-order valence-electron chi connectivity index (χ1n) is 4.55. The first-order chi connectivity index (χ1) is 6.88. The Bertz CT molecular complexity index is 371. The van der Waals surface area contributed by atoms with E-state index in [1.165, 1.54) is 18.0 Å². The van der Waals surface area contributed by atoms with Crippen molar-refractivity contribution >= 4 is 34.1 Å². The van der Waals surface area contributed by atoms with Crippen molar-refractivity contribution in [3.63, 3.8) is 0 Å². The van der Waals surface area contributed by atoms with Gasteiger partial charge in [0.2, 0.25) is 0 Å². The minimum absolute atomic E-state index is 0.0546. The summed E-state index contributed by atoms with van der Waals surface area (Å²) in [6, 6.07) is 4.80. The van der Waals surface area contributed by atoms with Gasteiger partial charge >= 0.3 is 0 Å². The molecule has 0 unspecified atom stereocenters. The zero-order valence-corrected chi connectivity index (χ0v) is 11.3. The third-order valence-electron chi connectivity index (χ3n) is 1.48. The highest BCUT2D eigenvalue weighted by Crippen LogP contribution is 2.24. The van der Waals surface area contributed by atoms with Crippen LogP contribution in [0.15, 0.2) is 27.1 Å². The molecule has 0 aliphatic rings. The van der Waals surface area contributed by atoms with Crippen LogP contribution in [0.4, 0.5) is 4.39 Å². The van der Waals surface area contributed by atoms with Crippen molar-refractivity contribution in [2.24, 2.45) is 4.40 Å². The molecule has 0 aromatic heterocycles. The Balaban J connectivity index is 2.76. The summed E-state index contributed by atoms with van der Waals surface area (Å²) in [4.78, 5) is 0. The lowest BCUT2D eigenvalue weighted by atomic mass is 10.2. The SMILES string of the molecule is CC(C)(C)S/N=C/c1cc(Br)ccc1F. The highest BCUT2D eigenvalue weighted by atomic mass is 79.9. The third kappa shape index (κ3) is 4.80. The minimum Gasteiger partial charge on any atom is -0.223 e. The van der Waals surface area contributed by atoms with Crippen LogP contribution in [0.2, 0.25) is 0 Å². The molecule has 1 rings (SSSR count). The molecule has 0 N–H and O–H groups in total. The molecule has 0 spiro atoms. The van der Waals surface area contributed by atoms with Crippen LogP contribution < -0.4 is 0 Å². The molecule has 1 aromatic carbocycles. The van der Waals surface area contributed by atoms with Gasteiger partial charge in [-0.2, -0.15) is 0 Å². The summed E-state index contributed by atoms with van der Waals surface area (Å²) in [6.45, 7) is 6.19. The molecule has 4 heteroatoms. The second-order valence-electron chi connectivity index (χ2n) is 4.10. The van der Waals surface area contributed by atoms with Crippen LogP contribution in [-0.2, 0) is 0 Å². The Labute approximate surface area is 102 Å². The summed E-state index contributed by atoms with van der Waals surface area (Å²) >= 11 is 4.72. The standard InChI is InChI=1S/C11H13BrFNS/c1-11(2,3)15-14-7-8-6-9(12)4-5-10(8)13/h4-7H,1-3H3/b14-7+. The molecular formula is C11H13BrFNS. The molecule has 0 radical (unpaired) electrons. The first-order valence-corrected chi connectivity index (χ1v) is 6.12. The van der Waals surface area contributed by atoms with Gasteiger partial charge in [-0.15, -0.1) is 0 Å². The summed E-state index contributed by atoms with van der Waals surface area (Å²) in [7, 11) is 0. The highest BCUT2D eigenvalue weighted by Gasteiger charge is 2.09. The summed E-state index contributed by atoms with van der Waals surface area (Å²) in [5.41, 5.74) is 0.501. The fourth-order valence-electron chi connectivity index (χ4n) is 0.855. The van der Waals surface area contributed by atoms with Crippen molar-refractivity contribution in [1.82, 2.24) is 0 Å². The van der Waals surface area contributed by atoms with Crippen molar-refractivity contribution in [2.75, 3.05) is 0 Å². The maximum Gasteiger partial charge on any atom is 0.132 e. The summed E-state index contributed by atoms with van der Waals surface area (Å²) < 4.78 is 18.3. The number of hydrogen-bond acceptors (Lipinski definition) is 2. The van der Waals surface area contributed by atoms with Crippen LogP contribution in [0.5, 0.6) is 0 Å². The molecule has 0 aliphatic carbocycles. The van der Waals surface area contributed by atoms with E-state index in [0.717, 1.165) is 4.47 Å². The average molecular weight is 290 g/mol. The normalized spacial score (nSPS) is 12.3. The number of nitrogens with zero attached hydrogens (tertiary/aromatic N) is 1. The summed E-state index contributed by atoms with van der Waals surface area (Å²) in [5, 5.41) is 0. The van der Waals surface area contributed by atoms with Gasteiger partial charge in [0.25, 0.3) is 0 Å². The second-order valence-corrected chi connectivity index (χ2v) is 6.64. The molecule has 0 saturated heterocycles. The molecule has 15 heavy (non-hydrogen) atoms. The molecule has 82 valence electrons. The minimum atomic E-state index is -0.253. The molecule has 0 saturated carbocycles. The van der Waals surface area contributed by atoms with Gasteiger partial charge < -0.3 is 0 Å². The monoisotopic (exact) mass is 289 g/mol. The van der Waals surface area contributed by atoms with Crippen LogP contribution in [0.1, 0.15) is 26.3 Å². The Morgan fingerprint density at radius 3 is 2.67 bits per heavy atom. The molecule has 0 amide bonds. The number of rotatable bonds is 2. The van der Waals surface area contributed by atoms with Crippen LogP contribution >= 0.6 is 27.9 Å². The lowest BCUT2D eigenvalue weighted by Crippen LogP contribution is -2.05. The Morgan fingerprint density at radius 2 is 2.07 bits per heavy atom. The van der Waals surface area contributed by atoms with E-state index in [2.05, 4.69) is 41.1 Å². The zero-order chi connectivity index (χ0) is 11.5. The van der Waals surface area contributed by atoms with E-state index in [1.807, 2.05) is 0 Å². The van der Waals surface area contributed by atoms with E-state index in [0.29, 0.717) is 5.56 Å². The summed E-state index contributed by atoms with van der Waals surface area (Å²) in [5.74, 6) is -0.253. The van der Waals surface area contributed by atoms with Gasteiger partial charge in [0, 0.05) is 21.0 Å². The molecule has 0 bridgehead atoms. The Kier molecular flexibility index (Phi) is 4.34. The van der Waals surface area contributed by atoms with Gasteiger partial charge in [0.1, 0.15) is 5.82 Å². The maximum atomic E-state index is 13.3. The second kappa shape index (κ2) is 5.12. The third-order valence-corrected chi connectivity index (χ3v) is 2.73. The number of benzene rings is 1. The van der Waals surface area contributed by atoms with Gasteiger partial charge in [0.05, 0.1) is 0 Å². The van der Waals surface area contributed by atoms with E-state index in [-0.39, 0.29) is 10.6 Å². The van der Waals surface area contributed by atoms with Gasteiger partial charge in [-0.1, -0.05) is 15.9 Å². The highest BCUT2D eigenvalue weighted by molar-refractivity contribution is 9.10. The molecule has 0 heterocycles. The number of hydrogen-bond donors (Lipinski definition) is 0. The lowest BCUT2D eigenvalue weighted by Gasteiger charge is -2.12. The fraction of sp³-hybridized carbons (Fsp3) is 0.364. The molecule has 1 aromatic rings. The van der Waals surface area contributed by atoms with E-state index >= 15 is 0 Å². The van der Waals surface area contributed by atoms with Gasteiger partial charge in [-0.3, -0.25) is 0 Å².